The normalized spacial score (nSPS) is 24.2. The standard InChI is InChI=1S/C17H24N4O3/c1-18-16(22)15-4-3-13(11-19-15)20-5-7-21(8-6-20)14-9-12(10-14)17(23)24-2/h3-4,11-12,14H,5-10H2,1-2H3,(H,18,22). The van der Waals surface area contributed by atoms with Crippen molar-refractivity contribution >= 4 is 17.6 Å². The van der Waals surface area contributed by atoms with Crippen molar-refractivity contribution in [2.24, 2.45) is 5.92 Å². The number of nitrogens with one attached hydrogen (secondary N) is 1. The van der Waals surface area contributed by atoms with Crippen LogP contribution in [0.25, 0.3) is 0 Å². The molecule has 1 aliphatic heterocycles. The van der Waals surface area contributed by atoms with Gasteiger partial charge in [-0.05, 0) is 25.0 Å². The highest BCUT2D eigenvalue weighted by Crippen LogP contribution is 2.33. The summed E-state index contributed by atoms with van der Waals surface area (Å²) in [4.78, 5) is 32.0. The van der Waals surface area contributed by atoms with Crippen LogP contribution in [0.3, 0.4) is 0 Å². The SMILES string of the molecule is CNC(=O)c1ccc(N2CCN(C3CC(C(=O)OC)C3)CC2)cn1. The number of anilines is 1. The lowest BCUT2D eigenvalue weighted by atomic mass is 9.79. The van der Waals surface area contributed by atoms with Crippen molar-refractivity contribution in [1.82, 2.24) is 15.2 Å². The van der Waals surface area contributed by atoms with Crippen LogP contribution in [0.5, 0.6) is 0 Å². The summed E-state index contributed by atoms with van der Waals surface area (Å²) in [7, 11) is 3.06. The van der Waals surface area contributed by atoms with Crippen LogP contribution in [0, 0.1) is 5.92 Å². The summed E-state index contributed by atoms with van der Waals surface area (Å²) in [5.74, 6) is -0.164. The number of hydrogen-bond donors (Lipinski definition) is 1. The smallest absolute Gasteiger partial charge is 0.308 e. The Bertz CT molecular complexity index is 590. The van der Waals surface area contributed by atoms with Gasteiger partial charge in [0.05, 0.1) is 24.9 Å². The van der Waals surface area contributed by atoms with Gasteiger partial charge in [0, 0.05) is 39.3 Å². The minimum atomic E-state index is -0.170. The number of piperazine rings is 1. The van der Waals surface area contributed by atoms with E-state index in [0.717, 1.165) is 44.7 Å². The molecule has 24 heavy (non-hydrogen) atoms. The van der Waals surface area contributed by atoms with Gasteiger partial charge in [-0.15, -0.1) is 0 Å². The summed E-state index contributed by atoms with van der Waals surface area (Å²) in [5, 5.41) is 2.57. The Morgan fingerprint density at radius 1 is 1.21 bits per heavy atom. The number of aromatic nitrogens is 1. The lowest BCUT2D eigenvalue weighted by Crippen LogP contribution is -2.55. The highest BCUT2D eigenvalue weighted by Gasteiger charge is 2.39. The van der Waals surface area contributed by atoms with Gasteiger partial charge in [0.25, 0.3) is 5.91 Å². The molecule has 0 spiro atoms. The highest BCUT2D eigenvalue weighted by molar-refractivity contribution is 5.92. The van der Waals surface area contributed by atoms with Gasteiger partial charge in [0.2, 0.25) is 0 Å². The molecule has 7 heteroatoms. The van der Waals surface area contributed by atoms with Crippen molar-refractivity contribution in [1.29, 1.82) is 0 Å². The Morgan fingerprint density at radius 3 is 2.46 bits per heavy atom. The number of methoxy groups -OCH3 is 1. The third-order valence-corrected chi connectivity index (χ3v) is 5.05. The monoisotopic (exact) mass is 332 g/mol. The molecule has 3 rings (SSSR count). The lowest BCUT2D eigenvalue weighted by Gasteiger charge is -2.45. The minimum Gasteiger partial charge on any atom is -0.469 e. The maximum Gasteiger partial charge on any atom is 0.308 e. The third kappa shape index (κ3) is 3.36. The molecule has 1 aromatic heterocycles. The van der Waals surface area contributed by atoms with Gasteiger partial charge < -0.3 is 15.0 Å². The molecule has 0 unspecified atom stereocenters. The predicted octanol–water partition coefficient (Wildman–Crippen LogP) is 0.515. The first-order chi connectivity index (χ1) is 11.6. The van der Waals surface area contributed by atoms with E-state index in [1.165, 1.54) is 7.11 Å². The molecule has 1 saturated heterocycles. The van der Waals surface area contributed by atoms with Gasteiger partial charge in [-0.3, -0.25) is 14.5 Å². The van der Waals surface area contributed by atoms with Crippen molar-refractivity contribution in [2.75, 3.05) is 45.2 Å². The quantitative estimate of drug-likeness (QED) is 0.810. The third-order valence-electron chi connectivity index (χ3n) is 5.05. The number of nitrogens with zero attached hydrogens (tertiary/aromatic N) is 3. The van der Waals surface area contributed by atoms with Crippen molar-refractivity contribution < 1.29 is 14.3 Å². The fourth-order valence-corrected chi connectivity index (χ4v) is 3.43. The molecule has 7 nitrogen and oxygen atoms in total. The van der Waals surface area contributed by atoms with Crippen LogP contribution in [0.4, 0.5) is 5.69 Å². The van der Waals surface area contributed by atoms with E-state index in [0.29, 0.717) is 11.7 Å². The number of hydrogen-bond acceptors (Lipinski definition) is 6. The second-order valence-electron chi connectivity index (χ2n) is 6.35. The van der Waals surface area contributed by atoms with Crippen molar-refractivity contribution in [3.8, 4) is 0 Å². The Labute approximate surface area is 142 Å². The molecule has 1 N–H and O–H groups in total. The molecule has 0 bridgehead atoms. The first-order valence-corrected chi connectivity index (χ1v) is 8.37. The van der Waals surface area contributed by atoms with E-state index in [-0.39, 0.29) is 17.8 Å². The molecule has 0 atom stereocenters. The van der Waals surface area contributed by atoms with Gasteiger partial charge in [-0.1, -0.05) is 0 Å². The molecular weight excluding hydrogens is 308 g/mol. The van der Waals surface area contributed by atoms with Crippen LogP contribution < -0.4 is 10.2 Å². The summed E-state index contributed by atoms with van der Waals surface area (Å²) < 4.78 is 4.80. The fourth-order valence-electron chi connectivity index (χ4n) is 3.43. The molecule has 2 fully saturated rings. The van der Waals surface area contributed by atoms with E-state index in [2.05, 4.69) is 20.1 Å². The Balaban J connectivity index is 1.49. The van der Waals surface area contributed by atoms with Crippen molar-refractivity contribution in [3.63, 3.8) is 0 Å². The molecule has 130 valence electrons. The van der Waals surface area contributed by atoms with Crippen LogP contribution in [-0.4, -0.2) is 68.1 Å². The first-order valence-electron chi connectivity index (χ1n) is 8.37. The second kappa shape index (κ2) is 7.17. The van der Waals surface area contributed by atoms with Gasteiger partial charge >= 0.3 is 5.97 Å². The molecule has 1 amide bonds. The largest absolute Gasteiger partial charge is 0.469 e. The van der Waals surface area contributed by atoms with E-state index < -0.39 is 0 Å². The Hall–Kier alpha value is -2.15. The molecule has 2 aliphatic rings. The van der Waals surface area contributed by atoms with Gasteiger partial charge in [0.1, 0.15) is 5.69 Å². The summed E-state index contributed by atoms with van der Waals surface area (Å²) in [6, 6.07) is 4.21. The summed E-state index contributed by atoms with van der Waals surface area (Å²) in [6.45, 7) is 3.83. The van der Waals surface area contributed by atoms with Crippen LogP contribution in [0.2, 0.25) is 0 Å². The molecule has 0 aromatic carbocycles. The summed E-state index contributed by atoms with van der Waals surface area (Å²) in [6.07, 6.45) is 3.58. The van der Waals surface area contributed by atoms with E-state index in [1.807, 2.05) is 6.07 Å². The van der Waals surface area contributed by atoms with E-state index in [4.69, 9.17) is 4.74 Å². The maximum absolute atomic E-state index is 11.5. The Morgan fingerprint density at radius 2 is 1.92 bits per heavy atom. The fraction of sp³-hybridized carbons (Fsp3) is 0.588. The van der Waals surface area contributed by atoms with Gasteiger partial charge in [-0.25, -0.2) is 4.98 Å². The van der Waals surface area contributed by atoms with Gasteiger partial charge in [-0.2, -0.15) is 0 Å². The molecular formula is C17H24N4O3. The average molecular weight is 332 g/mol. The minimum absolute atomic E-state index is 0.0767. The van der Waals surface area contributed by atoms with E-state index >= 15 is 0 Å². The Kier molecular flexibility index (Phi) is 4.99. The van der Waals surface area contributed by atoms with Crippen LogP contribution in [0.15, 0.2) is 18.3 Å². The number of rotatable bonds is 4. The molecule has 2 heterocycles. The number of amides is 1. The van der Waals surface area contributed by atoms with Gasteiger partial charge in [0.15, 0.2) is 0 Å². The van der Waals surface area contributed by atoms with Crippen molar-refractivity contribution in [2.45, 2.75) is 18.9 Å². The summed E-state index contributed by atoms with van der Waals surface area (Å²) in [5.41, 5.74) is 1.48. The molecule has 1 saturated carbocycles. The second-order valence-corrected chi connectivity index (χ2v) is 6.35. The van der Waals surface area contributed by atoms with Crippen molar-refractivity contribution in [3.05, 3.63) is 24.0 Å². The molecule has 1 aliphatic carbocycles. The molecule has 0 radical (unpaired) electrons. The predicted molar refractivity (Wildman–Crippen MR) is 89.9 cm³/mol. The topological polar surface area (TPSA) is 74.8 Å². The van der Waals surface area contributed by atoms with E-state index in [9.17, 15) is 9.59 Å². The number of carbonyl (C=O) groups excluding carboxylic acids is 2. The maximum atomic E-state index is 11.5. The number of esters is 1. The zero-order valence-electron chi connectivity index (χ0n) is 14.2. The lowest BCUT2D eigenvalue weighted by molar-refractivity contribution is -0.150. The number of ether oxygens (including phenoxy) is 1. The van der Waals surface area contributed by atoms with Crippen LogP contribution >= 0.6 is 0 Å². The van der Waals surface area contributed by atoms with Crippen LogP contribution in [0.1, 0.15) is 23.3 Å². The number of carbonyl (C=O) groups is 2. The summed E-state index contributed by atoms with van der Waals surface area (Å²) >= 11 is 0. The van der Waals surface area contributed by atoms with E-state index in [1.54, 1.807) is 19.3 Å². The average Bonchev–Trinajstić information content (AvgIpc) is 2.60. The highest BCUT2D eigenvalue weighted by atomic mass is 16.5. The molecule has 1 aromatic rings. The zero-order chi connectivity index (χ0) is 17.1. The zero-order valence-corrected chi connectivity index (χ0v) is 14.2. The number of pyridine rings is 1. The first kappa shape index (κ1) is 16.7. The van der Waals surface area contributed by atoms with Crippen LogP contribution in [-0.2, 0) is 9.53 Å².